The Morgan fingerprint density at radius 2 is 1.81 bits per heavy atom. The van der Waals surface area contributed by atoms with E-state index in [-0.39, 0.29) is 43.2 Å². The van der Waals surface area contributed by atoms with Gasteiger partial charge in [-0.15, -0.1) is 0 Å². The van der Waals surface area contributed by atoms with Crippen LogP contribution in [0.25, 0.3) is 10.9 Å². The molecule has 0 aliphatic carbocycles. The van der Waals surface area contributed by atoms with Gasteiger partial charge in [0.05, 0.1) is 48.3 Å². The maximum absolute atomic E-state index is 13.7. The highest BCUT2D eigenvalue weighted by atomic mass is 35.5. The standard InChI is InChI=1S/C28H32ClFN3O8P/c1-4-39-42(35,40-5-2)14-26(34)33-22-10-17-20(9-16-6-7-19(30)18(29)8-16)31-15-32-21(17)11-23(22)41-25-13-38-27-24(36-3)12-37-28(25)27/h6-8,10-11,15,24-25,27-28H,4-5,9,12-14H2,1-3H3,(H,33,34)/t24-,25+,27+,28+/m1/s1. The monoisotopic (exact) mass is 623 g/mol. The molecule has 2 fully saturated rings. The van der Waals surface area contributed by atoms with Crippen molar-refractivity contribution >= 4 is 41.7 Å². The molecule has 1 amide bonds. The van der Waals surface area contributed by atoms with Crippen LogP contribution in [0, 0.1) is 5.82 Å². The largest absolute Gasteiger partial charge is 0.483 e. The molecule has 3 heterocycles. The van der Waals surface area contributed by atoms with Crippen LogP contribution in [0.4, 0.5) is 10.1 Å². The summed E-state index contributed by atoms with van der Waals surface area (Å²) in [7, 11) is -2.07. The third-order valence-corrected chi connectivity index (χ3v) is 9.25. The van der Waals surface area contributed by atoms with Crippen LogP contribution in [-0.2, 0) is 39.0 Å². The van der Waals surface area contributed by atoms with Crippen molar-refractivity contribution in [3.63, 3.8) is 0 Å². The molecular formula is C28H32ClFN3O8P. The number of carbonyl (C=O) groups is 1. The zero-order valence-corrected chi connectivity index (χ0v) is 25.0. The number of methoxy groups -OCH3 is 1. The highest BCUT2D eigenvalue weighted by molar-refractivity contribution is 7.54. The number of amides is 1. The van der Waals surface area contributed by atoms with Crippen molar-refractivity contribution in [2.24, 2.45) is 0 Å². The van der Waals surface area contributed by atoms with Crippen molar-refractivity contribution in [3.8, 4) is 5.75 Å². The summed E-state index contributed by atoms with van der Waals surface area (Å²) in [5, 5.41) is 3.43. The normalized spacial score (nSPS) is 21.9. The molecule has 14 heteroatoms. The van der Waals surface area contributed by atoms with Crippen molar-refractivity contribution in [2.75, 3.05) is 45.0 Å². The van der Waals surface area contributed by atoms with Gasteiger partial charge in [0, 0.05) is 25.0 Å². The number of carbonyl (C=O) groups excluding carboxylic acids is 1. The lowest BCUT2D eigenvalue weighted by molar-refractivity contribution is -0.114. The summed E-state index contributed by atoms with van der Waals surface area (Å²) in [6, 6.07) is 7.84. The molecule has 1 N–H and O–H groups in total. The number of fused-ring (bicyclic) bond motifs is 2. The van der Waals surface area contributed by atoms with Crippen LogP contribution < -0.4 is 10.1 Å². The molecule has 2 aliphatic heterocycles. The van der Waals surface area contributed by atoms with Crippen LogP contribution in [0.2, 0.25) is 5.02 Å². The molecule has 2 aromatic carbocycles. The van der Waals surface area contributed by atoms with Gasteiger partial charge in [0.15, 0.2) is 6.10 Å². The first-order chi connectivity index (χ1) is 20.2. The van der Waals surface area contributed by atoms with E-state index in [9.17, 15) is 13.8 Å². The minimum absolute atomic E-state index is 0.00413. The lowest BCUT2D eigenvalue weighted by Gasteiger charge is -2.22. The number of hydrogen-bond donors (Lipinski definition) is 1. The predicted molar refractivity (Wildman–Crippen MR) is 153 cm³/mol. The van der Waals surface area contributed by atoms with E-state index in [1.165, 1.54) is 18.5 Å². The van der Waals surface area contributed by atoms with E-state index in [1.807, 2.05) is 0 Å². The Balaban J connectivity index is 1.48. The first-order valence-corrected chi connectivity index (χ1v) is 15.7. The first-order valence-electron chi connectivity index (χ1n) is 13.6. The summed E-state index contributed by atoms with van der Waals surface area (Å²) in [6.45, 7) is 4.22. The van der Waals surface area contributed by atoms with E-state index in [1.54, 1.807) is 39.2 Å². The van der Waals surface area contributed by atoms with Gasteiger partial charge in [0.2, 0.25) is 5.91 Å². The molecule has 0 radical (unpaired) electrons. The molecule has 0 unspecified atom stereocenters. The van der Waals surface area contributed by atoms with Gasteiger partial charge in [-0.05, 0) is 37.6 Å². The van der Waals surface area contributed by atoms with Gasteiger partial charge < -0.3 is 33.3 Å². The van der Waals surface area contributed by atoms with Crippen LogP contribution >= 0.6 is 19.2 Å². The Morgan fingerprint density at radius 1 is 1.10 bits per heavy atom. The third-order valence-electron chi connectivity index (χ3n) is 6.98. The SMILES string of the molecule is CCOP(=O)(CC(=O)Nc1cc2c(Cc3ccc(F)c(Cl)c3)ncnc2cc1O[C@H]1CO[C@@H]2[C@H]1OC[C@H]2OC)OCC. The van der Waals surface area contributed by atoms with Gasteiger partial charge in [-0.2, -0.15) is 0 Å². The van der Waals surface area contributed by atoms with Gasteiger partial charge in [-0.25, -0.2) is 14.4 Å². The topological polar surface area (TPSA) is 127 Å². The maximum Gasteiger partial charge on any atom is 0.340 e. The van der Waals surface area contributed by atoms with Gasteiger partial charge in [0.1, 0.15) is 42.4 Å². The van der Waals surface area contributed by atoms with E-state index in [4.69, 9.17) is 39.6 Å². The van der Waals surface area contributed by atoms with E-state index in [0.717, 1.165) is 5.56 Å². The number of halogens is 2. The van der Waals surface area contributed by atoms with Gasteiger partial charge in [0.25, 0.3) is 0 Å². The summed E-state index contributed by atoms with van der Waals surface area (Å²) >= 11 is 5.99. The third kappa shape index (κ3) is 6.75. The maximum atomic E-state index is 13.7. The smallest absolute Gasteiger partial charge is 0.340 e. The summed E-state index contributed by atoms with van der Waals surface area (Å²) in [5.41, 5.74) is 2.20. The average molecular weight is 624 g/mol. The molecule has 4 atom stereocenters. The van der Waals surface area contributed by atoms with Gasteiger partial charge >= 0.3 is 7.60 Å². The molecule has 226 valence electrons. The van der Waals surface area contributed by atoms with Crippen molar-refractivity contribution in [3.05, 3.63) is 58.8 Å². The van der Waals surface area contributed by atoms with Crippen LogP contribution in [0.15, 0.2) is 36.7 Å². The zero-order valence-electron chi connectivity index (χ0n) is 23.4. The number of aromatic nitrogens is 2. The second-order valence-corrected chi connectivity index (χ2v) is 12.3. The summed E-state index contributed by atoms with van der Waals surface area (Å²) in [4.78, 5) is 22.0. The second-order valence-electron chi connectivity index (χ2n) is 9.79. The Kier molecular flexibility index (Phi) is 9.74. The van der Waals surface area contributed by atoms with E-state index in [0.29, 0.717) is 41.1 Å². The van der Waals surface area contributed by atoms with Crippen molar-refractivity contribution in [1.82, 2.24) is 9.97 Å². The Morgan fingerprint density at radius 3 is 2.50 bits per heavy atom. The Hall–Kier alpha value is -2.70. The number of ether oxygens (including phenoxy) is 4. The van der Waals surface area contributed by atoms with Crippen LogP contribution in [-0.4, -0.2) is 80.0 Å². The van der Waals surface area contributed by atoms with E-state index >= 15 is 0 Å². The molecular weight excluding hydrogens is 592 g/mol. The molecule has 1 aromatic heterocycles. The van der Waals surface area contributed by atoms with Gasteiger partial charge in [-0.1, -0.05) is 17.7 Å². The number of nitrogens with zero attached hydrogens (tertiary/aromatic N) is 2. The van der Waals surface area contributed by atoms with Crippen LogP contribution in [0.5, 0.6) is 5.75 Å². The summed E-state index contributed by atoms with van der Waals surface area (Å²) in [5.74, 6) is -0.797. The quantitative estimate of drug-likeness (QED) is 0.282. The molecule has 0 spiro atoms. The van der Waals surface area contributed by atoms with Gasteiger partial charge in [-0.3, -0.25) is 9.36 Å². The summed E-state index contributed by atoms with van der Waals surface area (Å²) < 4.78 is 61.0. The average Bonchev–Trinajstić information content (AvgIpc) is 3.54. The van der Waals surface area contributed by atoms with Crippen LogP contribution in [0.1, 0.15) is 25.1 Å². The highest BCUT2D eigenvalue weighted by Crippen LogP contribution is 2.48. The molecule has 0 saturated carbocycles. The van der Waals surface area contributed by atoms with Crippen molar-refractivity contribution in [1.29, 1.82) is 0 Å². The lowest BCUT2D eigenvalue weighted by atomic mass is 10.0. The molecule has 5 rings (SSSR count). The fraction of sp³-hybridized carbons (Fsp3) is 0.464. The Labute approximate surface area is 247 Å². The minimum atomic E-state index is -3.67. The molecule has 42 heavy (non-hydrogen) atoms. The molecule has 2 aliphatic rings. The number of benzene rings is 2. The number of anilines is 1. The number of rotatable bonds is 12. The van der Waals surface area contributed by atoms with Crippen molar-refractivity contribution < 1.29 is 41.7 Å². The predicted octanol–water partition coefficient (Wildman–Crippen LogP) is 4.78. The number of nitrogens with one attached hydrogen (secondary N) is 1. The highest BCUT2D eigenvalue weighted by Gasteiger charge is 2.49. The first kappa shape index (κ1) is 30.7. The molecule has 0 bridgehead atoms. The molecule has 3 aromatic rings. The van der Waals surface area contributed by atoms with Crippen LogP contribution in [0.3, 0.4) is 0 Å². The number of hydrogen-bond acceptors (Lipinski definition) is 10. The fourth-order valence-electron chi connectivity index (χ4n) is 5.10. The van der Waals surface area contributed by atoms with Crippen molar-refractivity contribution in [2.45, 2.75) is 44.7 Å². The van der Waals surface area contributed by atoms with E-state index < -0.39 is 31.6 Å². The molecule has 11 nitrogen and oxygen atoms in total. The lowest BCUT2D eigenvalue weighted by Crippen LogP contribution is -2.35. The summed E-state index contributed by atoms with van der Waals surface area (Å²) in [6.07, 6.45) is -0.0852. The minimum Gasteiger partial charge on any atom is -0.483 e. The fourth-order valence-corrected chi connectivity index (χ4v) is 6.78. The molecule has 2 saturated heterocycles. The van der Waals surface area contributed by atoms with E-state index in [2.05, 4.69) is 15.3 Å². The zero-order chi connectivity index (χ0) is 29.9. The second kappa shape index (κ2) is 13.3. The Bertz CT molecular complexity index is 1490.